The van der Waals surface area contributed by atoms with Crippen molar-refractivity contribution in [1.29, 1.82) is 0 Å². The van der Waals surface area contributed by atoms with Crippen molar-refractivity contribution in [2.24, 2.45) is 0 Å². The molecule has 4 rings (SSSR count). The molecule has 1 aliphatic heterocycles. The standard InChI is InChI=1S/C24H26FN3O2/c1-17-14-26-24(28(17)15-18-6-8-21(25)9-7-18)20-10-11-27(16-20)23(29)13-19-4-3-5-22(12-19)30-2/h3-9,12,14,20H,10-11,13,15-16H2,1-2H3. The molecule has 30 heavy (non-hydrogen) atoms. The Bertz CT molecular complexity index is 1030. The number of rotatable bonds is 6. The normalized spacial score (nSPS) is 16.1. The van der Waals surface area contributed by atoms with Crippen LogP contribution in [-0.2, 0) is 17.8 Å². The van der Waals surface area contributed by atoms with Gasteiger partial charge in [-0.15, -0.1) is 0 Å². The largest absolute Gasteiger partial charge is 0.497 e. The first-order valence-corrected chi connectivity index (χ1v) is 10.2. The van der Waals surface area contributed by atoms with Crippen molar-refractivity contribution in [2.75, 3.05) is 20.2 Å². The fourth-order valence-corrected chi connectivity index (χ4v) is 4.05. The number of imidazole rings is 1. The number of aryl methyl sites for hydroxylation is 1. The highest BCUT2D eigenvalue weighted by Crippen LogP contribution is 2.28. The summed E-state index contributed by atoms with van der Waals surface area (Å²) in [5.74, 6) is 1.85. The zero-order valence-electron chi connectivity index (χ0n) is 17.3. The Morgan fingerprint density at radius 2 is 2.00 bits per heavy atom. The first-order chi connectivity index (χ1) is 14.5. The average molecular weight is 407 g/mol. The molecule has 0 N–H and O–H groups in total. The van der Waals surface area contributed by atoms with Crippen molar-refractivity contribution in [3.63, 3.8) is 0 Å². The van der Waals surface area contributed by atoms with Crippen LogP contribution < -0.4 is 4.74 Å². The maximum absolute atomic E-state index is 13.2. The molecule has 1 aromatic heterocycles. The Morgan fingerprint density at radius 3 is 2.77 bits per heavy atom. The van der Waals surface area contributed by atoms with E-state index >= 15 is 0 Å². The number of benzene rings is 2. The third-order valence-corrected chi connectivity index (χ3v) is 5.74. The summed E-state index contributed by atoms with van der Waals surface area (Å²) >= 11 is 0. The molecule has 1 saturated heterocycles. The Balaban J connectivity index is 1.44. The molecule has 0 saturated carbocycles. The van der Waals surface area contributed by atoms with Crippen LogP contribution in [0.15, 0.2) is 54.7 Å². The summed E-state index contributed by atoms with van der Waals surface area (Å²) in [4.78, 5) is 19.4. The van der Waals surface area contributed by atoms with Crippen LogP contribution in [0.3, 0.4) is 0 Å². The minimum absolute atomic E-state index is 0.124. The lowest BCUT2D eigenvalue weighted by atomic mass is 10.1. The number of ether oxygens (including phenoxy) is 1. The van der Waals surface area contributed by atoms with Crippen LogP contribution in [0.2, 0.25) is 0 Å². The molecule has 1 fully saturated rings. The molecule has 6 heteroatoms. The van der Waals surface area contributed by atoms with Crippen molar-refractivity contribution in [3.05, 3.63) is 83.2 Å². The minimum atomic E-state index is -0.234. The van der Waals surface area contributed by atoms with E-state index in [0.29, 0.717) is 19.5 Å². The highest BCUT2D eigenvalue weighted by molar-refractivity contribution is 5.79. The van der Waals surface area contributed by atoms with Crippen LogP contribution in [0.1, 0.15) is 35.0 Å². The maximum Gasteiger partial charge on any atom is 0.227 e. The van der Waals surface area contributed by atoms with Gasteiger partial charge in [0.2, 0.25) is 5.91 Å². The highest BCUT2D eigenvalue weighted by atomic mass is 19.1. The van der Waals surface area contributed by atoms with E-state index in [9.17, 15) is 9.18 Å². The van der Waals surface area contributed by atoms with E-state index in [1.807, 2.05) is 42.3 Å². The summed E-state index contributed by atoms with van der Waals surface area (Å²) in [6.45, 7) is 4.08. The van der Waals surface area contributed by atoms with Crippen molar-refractivity contribution < 1.29 is 13.9 Å². The van der Waals surface area contributed by atoms with Crippen LogP contribution >= 0.6 is 0 Å². The van der Waals surface area contributed by atoms with Crippen molar-refractivity contribution in [1.82, 2.24) is 14.5 Å². The molecule has 0 aliphatic carbocycles. The van der Waals surface area contributed by atoms with Gasteiger partial charge < -0.3 is 14.2 Å². The predicted octanol–water partition coefficient (Wildman–Crippen LogP) is 3.95. The molecule has 1 amide bonds. The number of halogens is 1. The topological polar surface area (TPSA) is 47.4 Å². The fraction of sp³-hybridized carbons (Fsp3) is 0.333. The van der Waals surface area contributed by atoms with Gasteiger partial charge in [0.25, 0.3) is 0 Å². The molecule has 3 aromatic rings. The van der Waals surface area contributed by atoms with Gasteiger partial charge in [-0.25, -0.2) is 9.37 Å². The highest BCUT2D eigenvalue weighted by Gasteiger charge is 2.30. The summed E-state index contributed by atoms with van der Waals surface area (Å²) < 4.78 is 20.6. The Kier molecular flexibility index (Phi) is 5.84. The first kappa shape index (κ1) is 20.1. The Hall–Kier alpha value is -3.15. The second-order valence-corrected chi connectivity index (χ2v) is 7.82. The summed E-state index contributed by atoms with van der Waals surface area (Å²) in [5, 5.41) is 0. The monoisotopic (exact) mass is 407 g/mol. The van der Waals surface area contributed by atoms with E-state index in [2.05, 4.69) is 9.55 Å². The molecule has 5 nitrogen and oxygen atoms in total. The van der Waals surface area contributed by atoms with Crippen LogP contribution in [0, 0.1) is 12.7 Å². The van der Waals surface area contributed by atoms with Gasteiger partial charge >= 0.3 is 0 Å². The van der Waals surface area contributed by atoms with Crippen molar-refractivity contribution in [2.45, 2.75) is 32.2 Å². The van der Waals surface area contributed by atoms with Gasteiger partial charge in [0.15, 0.2) is 0 Å². The zero-order valence-corrected chi connectivity index (χ0v) is 17.3. The number of carbonyl (C=O) groups is 1. The molecule has 1 aliphatic rings. The number of hydrogen-bond donors (Lipinski definition) is 0. The SMILES string of the molecule is COc1cccc(CC(=O)N2CCC(c3ncc(C)n3Cc3ccc(F)cc3)C2)c1. The lowest BCUT2D eigenvalue weighted by Gasteiger charge is -2.18. The van der Waals surface area contributed by atoms with Gasteiger partial charge in [0.05, 0.1) is 13.5 Å². The average Bonchev–Trinajstić information content (AvgIpc) is 3.37. The molecule has 0 radical (unpaired) electrons. The van der Waals surface area contributed by atoms with Gasteiger partial charge in [-0.05, 0) is 48.7 Å². The van der Waals surface area contributed by atoms with Crippen LogP contribution in [0.5, 0.6) is 5.75 Å². The Morgan fingerprint density at radius 1 is 1.20 bits per heavy atom. The fourth-order valence-electron chi connectivity index (χ4n) is 4.05. The second kappa shape index (κ2) is 8.69. The van der Waals surface area contributed by atoms with Crippen molar-refractivity contribution in [3.8, 4) is 5.75 Å². The van der Waals surface area contributed by atoms with Gasteiger partial charge in [-0.1, -0.05) is 24.3 Å². The first-order valence-electron chi connectivity index (χ1n) is 10.2. The summed E-state index contributed by atoms with van der Waals surface area (Å²) in [6.07, 6.45) is 3.14. The summed E-state index contributed by atoms with van der Waals surface area (Å²) in [5.41, 5.74) is 3.05. The van der Waals surface area contributed by atoms with Crippen LogP contribution in [0.25, 0.3) is 0 Å². The minimum Gasteiger partial charge on any atom is -0.497 e. The lowest BCUT2D eigenvalue weighted by Crippen LogP contribution is -2.30. The number of amides is 1. The number of hydrogen-bond acceptors (Lipinski definition) is 3. The summed E-state index contributed by atoms with van der Waals surface area (Å²) in [6, 6.07) is 14.2. The summed E-state index contributed by atoms with van der Waals surface area (Å²) in [7, 11) is 1.63. The number of methoxy groups -OCH3 is 1. The van der Waals surface area contributed by atoms with Crippen LogP contribution in [-0.4, -0.2) is 40.6 Å². The van der Waals surface area contributed by atoms with E-state index < -0.39 is 0 Å². The zero-order chi connectivity index (χ0) is 21.1. The second-order valence-electron chi connectivity index (χ2n) is 7.82. The van der Waals surface area contributed by atoms with E-state index in [1.54, 1.807) is 19.2 Å². The third kappa shape index (κ3) is 4.37. The number of likely N-dealkylation sites (tertiary alicyclic amines) is 1. The van der Waals surface area contributed by atoms with Gasteiger partial charge in [0, 0.05) is 37.4 Å². The molecule has 2 aromatic carbocycles. The predicted molar refractivity (Wildman–Crippen MR) is 113 cm³/mol. The molecular weight excluding hydrogens is 381 g/mol. The van der Waals surface area contributed by atoms with E-state index in [1.165, 1.54) is 12.1 Å². The van der Waals surface area contributed by atoms with Gasteiger partial charge in [0.1, 0.15) is 17.4 Å². The van der Waals surface area contributed by atoms with E-state index in [-0.39, 0.29) is 17.6 Å². The van der Waals surface area contributed by atoms with Crippen LogP contribution in [0.4, 0.5) is 4.39 Å². The smallest absolute Gasteiger partial charge is 0.227 e. The molecule has 156 valence electrons. The van der Waals surface area contributed by atoms with Gasteiger partial charge in [-0.3, -0.25) is 4.79 Å². The number of carbonyl (C=O) groups excluding carboxylic acids is 1. The number of nitrogens with zero attached hydrogens (tertiary/aromatic N) is 3. The maximum atomic E-state index is 13.2. The molecular formula is C24H26FN3O2. The van der Waals surface area contributed by atoms with Gasteiger partial charge in [-0.2, -0.15) is 0 Å². The lowest BCUT2D eigenvalue weighted by molar-refractivity contribution is -0.129. The molecule has 1 atom stereocenters. The molecule has 1 unspecified atom stereocenters. The molecule has 0 bridgehead atoms. The van der Waals surface area contributed by atoms with E-state index in [4.69, 9.17) is 4.74 Å². The Labute approximate surface area is 176 Å². The van der Waals surface area contributed by atoms with Crippen molar-refractivity contribution >= 4 is 5.91 Å². The number of aromatic nitrogens is 2. The molecule has 2 heterocycles. The third-order valence-electron chi connectivity index (χ3n) is 5.74. The van der Waals surface area contributed by atoms with E-state index in [0.717, 1.165) is 41.4 Å². The molecule has 0 spiro atoms. The quantitative estimate of drug-likeness (QED) is 0.622.